The van der Waals surface area contributed by atoms with Gasteiger partial charge in [0.25, 0.3) is 0 Å². The molecular formula is C12H21NO4S. The predicted octanol–water partition coefficient (Wildman–Crippen LogP) is 1.49. The number of carbonyl (C=O) groups is 1. The highest BCUT2D eigenvalue weighted by Crippen LogP contribution is 2.38. The van der Waals surface area contributed by atoms with Gasteiger partial charge in [0.1, 0.15) is 0 Å². The first-order chi connectivity index (χ1) is 8.46. The summed E-state index contributed by atoms with van der Waals surface area (Å²) in [5, 5.41) is 8.98. The van der Waals surface area contributed by atoms with Gasteiger partial charge in [0.2, 0.25) is 10.0 Å². The molecule has 104 valence electrons. The third-order valence-electron chi connectivity index (χ3n) is 4.37. The van der Waals surface area contributed by atoms with Crippen LogP contribution in [0.25, 0.3) is 0 Å². The van der Waals surface area contributed by atoms with Crippen LogP contribution in [0.1, 0.15) is 51.4 Å². The van der Waals surface area contributed by atoms with Crippen LogP contribution in [0.5, 0.6) is 0 Å². The molecule has 0 aromatic rings. The van der Waals surface area contributed by atoms with Gasteiger partial charge in [0, 0.05) is 6.54 Å². The lowest BCUT2D eigenvalue weighted by atomic mass is 9.87. The Morgan fingerprint density at radius 1 is 1.17 bits per heavy atom. The van der Waals surface area contributed by atoms with Crippen LogP contribution in [-0.4, -0.2) is 31.3 Å². The molecule has 0 unspecified atom stereocenters. The average molecular weight is 275 g/mol. The summed E-state index contributed by atoms with van der Waals surface area (Å²) in [6.45, 7) is 0.0567. The van der Waals surface area contributed by atoms with E-state index in [9.17, 15) is 18.3 Å². The van der Waals surface area contributed by atoms with Crippen molar-refractivity contribution < 1.29 is 18.3 Å². The van der Waals surface area contributed by atoms with E-state index in [1.807, 2.05) is 0 Å². The molecule has 0 aromatic carbocycles. The number of carboxylic acids is 1. The Labute approximate surface area is 108 Å². The van der Waals surface area contributed by atoms with Crippen molar-refractivity contribution in [2.45, 2.75) is 56.6 Å². The smallest absolute Gasteiger partial charge is 0.310 e. The highest BCUT2D eigenvalue weighted by molar-refractivity contribution is 7.90. The molecule has 0 heterocycles. The summed E-state index contributed by atoms with van der Waals surface area (Å²) in [6, 6.07) is 0. The number of nitrogens with one attached hydrogen (secondary N) is 1. The Hall–Kier alpha value is -0.620. The van der Waals surface area contributed by atoms with Crippen LogP contribution >= 0.6 is 0 Å². The first-order valence-corrected chi connectivity index (χ1v) is 8.23. The zero-order chi connectivity index (χ0) is 13.2. The molecule has 2 aliphatic rings. The third kappa shape index (κ3) is 2.69. The van der Waals surface area contributed by atoms with Gasteiger partial charge in [0.05, 0.1) is 10.7 Å². The van der Waals surface area contributed by atoms with Crippen molar-refractivity contribution in [3.8, 4) is 0 Å². The van der Waals surface area contributed by atoms with E-state index in [0.29, 0.717) is 25.7 Å². The molecule has 5 nitrogen and oxygen atoms in total. The van der Waals surface area contributed by atoms with Crippen LogP contribution in [0.2, 0.25) is 0 Å². The fraction of sp³-hybridized carbons (Fsp3) is 0.917. The molecule has 0 spiro atoms. The lowest BCUT2D eigenvalue weighted by Gasteiger charge is -2.25. The maximum Gasteiger partial charge on any atom is 0.310 e. The molecule has 0 radical (unpaired) electrons. The van der Waals surface area contributed by atoms with Gasteiger partial charge in [-0.25, -0.2) is 13.1 Å². The third-order valence-corrected chi connectivity index (χ3v) is 6.26. The molecule has 0 bridgehead atoms. The zero-order valence-corrected chi connectivity index (χ0v) is 11.3. The van der Waals surface area contributed by atoms with Crippen molar-refractivity contribution in [3.63, 3.8) is 0 Å². The number of aliphatic carboxylic acids is 1. The number of carboxylic acid groups (broad SMARTS) is 1. The van der Waals surface area contributed by atoms with Crippen LogP contribution in [-0.2, 0) is 14.8 Å². The van der Waals surface area contributed by atoms with Crippen molar-refractivity contribution in [3.05, 3.63) is 0 Å². The summed E-state index contributed by atoms with van der Waals surface area (Å²) in [5.41, 5.74) is -0.869. The molecule has 0 aliphatic heterocycles. The highest BCUT2D eigenvalue weighted by Gasteiger charge is 2.42. The Kier molecular flexibility index (Phi) is 3.96. The Morgan fingerprint density at radius 3 is 2.22 bits per heavy atom. The first kappa shape index (κ1) is 13.8. The zero-order valence-electron chi connectivity index (χ0n) is 10.5. The van der Waals surface area contributed by atoms with Gasteiger partial charge in [-0.05, 0) is 25.7 Å². The molecule has 2 rings (SSSR count). The minimum Gasteiger partial charge on any atom is -0.481 e. The van der Waals surface area contributed by atoms with E-state index >= 15 is 0 Å². The average Bonchev–Trinajstić information content (AvgIpc) is 2.99. The molecule has 0 saturated heterocycles. The lowest BCUT2D eigenvalue weighted by Crippen LogP contribution is -2.43. The maximum absolute atomic E-state index is 12.1. The molecule has 2 fully saturated rings. The molecule has 2 saturated carbocycles. The minimum absolute atomic E-state index is 0.0567. The van der Waals surface area contributed by atoms with E-state index in [4.69, 9.17) is 0 Å². The molecule has 2 aliphatic carbocycles. The summed E-state index contributed by atoms with van der Waals surface area (Å²) in [5.74, 6) is -0.867. The van der Waals surface area contributed by atoms with Crippen LogP contribution in [0.4, 0.5) is 0 Å². The minimum atomic E-state index is -3.33. The van der Waals surface area contributed by atoms with Gasteiger partial charge >= 0.3 is 5.97 Å². The lowest BCUT2D eigenvalue weighted by molar-refractivity contribution is -0.148. The Morgan fingerprint density at radius 2 is 1.72 bits per heavy atom. The summed E-state index contributed by atoms with van der Waals surface area (Å²) in [4.78, 5) is 11.3. The number of sulfonamides is 1. The number of rotatable bonds is 5. The Bertz CT molecular complexity index is 406. The van der Waals surface area contributed by atoms with E-state index in [-0.39, 0.29) is 11.8 Å². The second-order valence-corrected chi connectivity index (χ2v) is 7.61. The summed E-state index contributed by atoms with van der Waals surface area (Å²) < 4.78 is 26.7. The fourth-order valence-corrected chi connectivity index (χ4v) is 4.74. The standard InChI is InChI=1S/C12H21NO4S/c14-11(15)12(7-3-4-8-12)9-13-18(16,17)10-5-1-2-6-10/h10,13H,1-9H2,(H,14,15). The van der Waals surface area contributed by atoms with E-state index in [1.54, 1.807) is 0 Å². The molecule has 6 heteroatoms. The first-order valence-electron chi connectivity index (χ1n) is 6.68. The Balaban J connectivity index is 1.99. The molecule has 0 amide bonds. The van der Waals surface area contributed by atoms with Crippen LogP contribution in [0, 0.1) is 5.41 Å². The van der Waals surface area contributed by atoms with Crippen molar-refractivity contribution >= 4 is 16.0 Å². The molecular weight excluding hydrogens is 254 g/mol. The van der Waals surface area contributed by atoms with E-state index in [2.05, 4.69) is 4.72 Å². The van der Waals surface area contributed by atoms with Crippen LogP contribution in [0.3, 0.4) is 0 Å². The summed E-state index contributed by atoms with van der Waals surface area (Å²) in [7, 11) is -3.33. The fourth-order valence-electron chi connectivity index (χ4n) is 3.07. The topological polar surface area (TPSA) is 83.5 Å². The summed E-state index contributed by atoms with van der Waals surface area (Å²) in [6.07, 6.45) is 6.22. The molecule has 0 aromatic heterocycles. The van der Waals surface area contributed by atoms with Crippen molar-refractivity contribution in [1.82, 2.24) is 4.72 Å². The van der Waals surface area contributed by atoms with Crippen LogP contribution in [0.15, 0.2) is 0 Å². The number of hydrogen-bond acceptors (Lipinski definition) is 3. The van der Waals surface area contributed by atoms with E-state index < -0.39 is 21.4 Å². The quantitative estimate of drug-likeness (QED) is 0.796. The molecule has 18 heavy (non-hydrogen) atoms. The normalized spacial score (nSPS) is 24.4. The molecule has 2 N–H and O–H groups in total. The highest BCUT2D eigenvalue weighted by atomic mass is 32.2. The van der Waals surface area contributed by atoms with Gasteiger partial charge in [-0.2, -0.15) is 0 Å². The van der Waals surface area contributed by atoms with E-state index in [1.165, 1.54) is 0 Å². The van der Waals surface area contributed by atoms with Gasteiger partial charge < -0.3 is 5.11 Å². The maximum atomic E-state index is 12.1. The van der Waals surface area contributed by atoms with Gasteiger partial charge in [-0.1, -0.05) is 25.7 Å². The van der Waals surface area contributed by atoms with Crippen molar-refractivity contribution in [1.29, 1.82) is 0 Å². The van der Waals surface area contributed by atoms with E-state index in [0.717, 1.165) is 25.7 Å². The van der Waals surface area contributed by atoms with Crippen molar-refractivity contribution in [2.75, 3.05) is 6.54 Å². The number of hydrogen-bond donors (Lipinski definition) is 2. The van der Waals surface area contributed by atoms with Crippen LogP contribution < -0.4 is 4.72 Å². The largest absolute Gasteiger partial charge is 0.481 e. The van der Waals surface area contributed by atoms with Crippen molar-refractivity contribution in [2.24, 2.45) is 5.41 Å². The van der Waals surface area contributed by atoms with Gasteiger partial charge in [0.15, 0.2) is 0 Å². The second-order valence-electron chi connectivity index (χ2n) is 5.57. The SMILES string of the molecule is O=C(O)C1(CNS(=O)(=O)C2CCCC2)CCCC1. The monoisotopic (exact) mass is 275 g/mol. The van der Waals surface area contributed by atoms with Gasteiger partial charge in [-0.15, -0.1) is 0 Å². The predicted molar refractivity (Wildman–Crippen MR) is 67.7 cm³/mol. The second kappa shape index (κ2) is 5.17. The van der Waals surface area contributed by atoms with Gasteiger partial charge in [-0.3, -0.25) is 4.79 Å². The molecule has 0 atom stereocenters. The summed E-state index contributed by atoms with van der Waals surface area (Å²) >= 11 is 0.